The van der Waals surface area contributed by atoms with Crippen LogP contribution in [0.1, 0.15) is 62.7 Å². The van der Waals surface area contributed by atoms with Crippen LogP contribution in [0.2, 0.25) is 0 Å². The summed E-state index contributed by atoms with van der Waals surface area (Å²) in [5.74, 6) is 3.05. The quantitative estimate of drug-likeness (QED) is 0.0479. The van der Waals surface area contributed by atoms with Crippen molar-refractivity contribution in [3.05, 3.63) is 194 Å². The number of non-ortho nitro benzene ring substituents is 1. The van der Waals surface area contributed by atoms with Gasteiger partial charge in [-0.05, 0) is 88.3 Å². The SMILES string of the molecule is COc1cc2c(cc1OC)CN(C(=O)C1C3C(=O)OC(c4ccccc4)C(c4ccccc4)N3C(c3ccccc3OCCO)C13C(=O)N(C(=O)OCc1ccc([N+](=O)[O-])cc1)c1ccc(C#CCNC(N)=O)cc13)CC2. The summed E-state index contributed by atoms with van der Waals surface area (Å²) < 4.78 is 30.2. The first-order valence-electron chi connectivity index (χ1n) is 24.7. The van der Waals surface area contributed by atoms with Crippen molar-refractivity contribution in [2.45, 2.75) is 49.2 Å². The number of aliphatic hydroxyl groups excluding tert-OH is 1. The number of hydrogen-bond donors (Lipinski definition) is 3. The largest absolute Gasteiger partial charge is 0.493 e. The molecule has 4 heterocycles. The minimum Gasteiger partial charge on any atom is -0.493 e. The number of cyclic esters (lactones) is 1. The Morgan fingerprint density at radius 3 is 2.19 bits per heavy atom. The van der Waals surface area contributed by atoms with E-state index in [2.05, 4.69) is 17.2 Å². The molecule has 0 bridgehead atoms. The molecule has 10 rings (SSSR count). The molecule has 6 unspecified atom stereocenters. The number of imide groups is 1. The molecule has 0 radical (unpaired) electrons. The third-order valence-electron chi connectivity index (χ3n) is 14.6. The van der Waals surface area contributed by atoms with Gasteiger partial charge in [0.15, 0.2) is 11.5 Å². The molecule has 77 heavy (non-hydrogen) atoms. The van der Waals surface area contributed by atoms with Gasteiger partial charge in [-0.3, -0.25) is 29.4 Å². The zero-order valence-corrected chi connectivity index (χ0v) is 41.8. The Kier molecular flexibility index (Phi) is 14.3. The van der Waals surface area contributed by atoms with Crippen molar-refractivity contribution in [1.29, 1.82) is 0 Å². The summed E-state index contributed by atoms with van der Waals surface area (Å²) >= 11 is 0. The Balaban J connectivity index is 1.25. The molecular weight excluding hydrogens is 989 g/mol. The predicted octanol–water partition coefficient (Wildman–Crippen LogP) is 6.59. The number of nitrogens with two attached hydrogens (primary N) is 1. The molecular formula is C58H52N6O13. The van der Waals surface area contributed by atoms with Gasteiger partial charge in [0.25, 0.3) is 5.69 Å². The molecule has 2 fully saturated rings. The lowest BCUT2D eigenvalue weighted by Crippen LogP contribution is -2.57. The molecule has 0 aromatic heterocycles. The van der Waals surface area contributed by atoms with Crippen molar-refractivity contribution in [1.82, 2.24) is 15.1 Å². The number of nitrogens with one attached hydrogen (secondary N) is 1. The van der Waals surface area contributed by atoms with Crippen molar-refractivity contribution in [3.8, 4) is 29.1 Å². The molecule has 0 aliphatic carbocycles. The number of morpholine rings is 1. The zero-order valence-electron chi connectivity index (χ0n) is 41.8. The van der Waals surface area contributed by atoms with E-state index < -0.39 is 77.0 Å². The van der Waals surface area contributed by atoms with E-state index in [4.69, 9.17) is 29.4 Å². The molecule has 392 valence electrons. The number of amides is 5. The van der Waals surface area contributed by atoms with Crippen molar-refractivity contribution in [2.24, 2.45) is 11.7 Å². The highest BCUT2D eigenvalue weighted by molar-refractivity contribution is 6.23. The summed E-state index contributed by atoms with van der Waals surface area (Å²) in [6, 6.07) is 34.4. The first kappa shape index (κ1) is 51.2. The highest BCUT2D eigenvalue weighted by Crippen LogP contribution is 2.67. The minimum atomic E-state index is -2.25. The van der Waals surface area contributed by atoms with Gasteiger partial charge >= 0.3 is 18.1 Å². The van der Waals surface area contributed by atoms with E-state index in [0.29, 0.717) is 45.7 Å². The first-order valence-corrected chi connectivity index (χ1v) is 24.7. The van der Waals surface area contributed by atoms with E-state index in [1.165, 1.54) is 44.6 Å². The second-order valence-electron chi connectivity index (χ2n) is 18.7. The minimum absolute atomic E-state index is 0.0194. The number of ether oxygens (including phenoxy) is 5. The lowest BCUT2D eigenvalue weighted by atomic mass is 9.64. The monoisotopic (exact) mass is 1040 g/mol. The molecule has 2 saturated heterocycles. The van der Waals surface area contributed by atoms with E-state index >= 15 is 19.2 Å². The number of aliphatic hydroxyl groups is 1. The highest BCUT2D eigenvalue weighted by atomic mass is 16.6. The van der Waals surface area contributed by atoms with Crippen molar-refractivity contribution in [3.63, 3.8) is 0 Å². The van der Waals surface area contributed by atoms with Crippen LogP contribution in [0.3, 0.4) is 0 Å². The lowest BCUT2D eigenvalue weighted by Gasteiger charge is -2.46. The van der Waals surface area contributed by atoms with Gasteiger partial charge in [-0.15, -0.1) is 0 Å². The maximum Gasteiger partial charge on any atom is 0.421 e. The number of anilines is 1. The van der Waals surface area contributed by atoms with Crippen LogP contribution in [0.25, 0.3) is 0 Å². The number of para-hydroxylation sites is 1. The van der Waals surface area contributed by atoms with Crippen LogP contribution in [0.4, 0.5) is 21.0 Å². The fraction of sp³-hybridized carbons (Fsp3) is 0.259. The summed E-state index contributed by atoms with van der Waals surface area (Å²) in [5, 5.41) is 24.1. The Morgan fingerprint density at radius 2 is 1.52 bits per heavy atom. The number of carbonyl (C=O) groups is 5. The molecule has 6 aromatic rings. The summed E-state index contributed by atoms with van der Waals surface area (Å²) in [6.45, 7) is -0.954. The van der Waals surface area contributed by atoms with Gasteiger partial charge in [-0.1, -0.05) is 90.7 Å². The maximum absolute atomic E-state index is 16.9. The third kappa shape index (κ3) is 9.27. The fourth-order valence-corrected chi connectivity index (χ4v) is 11.4. The molecule has 6 atom stereocenters. The third-order valence-corrected chi connectivity index (χ3v) is 14.6. The number of nitro groups is 1. The van der Waals surface area contributed by atoms with Crippen LogP contribution in [-0.4, -0.2) is 96.3 Å². The number of esters is 1. The molecule has 6 aromatic carbocycles. The Labute approximate surface area is 442 Å². The summed E-state index contributed by atoms with van der Waals surface area (Å²) in [6.07, 6.45) is -1.82. The van der Waals surface area contributed by atoms with Gasteiger partial charge in [0, 0.05) is 36.3 Å². The topological polar surface area (TPSA) is 243 Å². The molecule has 4 N–H and O–H groups in total. The fourth-order valence-electron chi connectivity index (χ4n) is 11.4. The molecule has 4 aliphatic rings. The highest BCUT2D eigenvalue weighted by Gasteiger charge is 2.76. The van der Waals surface area contributed by atoms with Gasteiger partial charge < -0.3 is 44.7 Å². The number of nitrogens with zero attached hydrogens (tertiary/aromatic N) is 4. The van der Waals surface area contributed by atoms with Crippen LogP contribution in [0, 0.1) is 27.9 Å². The normalized spacial score (nSPS) is 21.2. The van der Waals surface area contributed by atoms with Crippen LogP contribution >= 0.6 is 0 Å². The van der Waals surface area contributed by atoms with Crippen LogP contribution in [-0.2, 0) is 48.8 Å². The number of primary amides is 1. The van der Waals surface area contributed by atoms with Crippen molar-refractivity contribution in [2.75, 3.05) is 45.4 Å². The van der Waals surface area contributed by atoms with Gasteiger partial charge in [0.05, 0.1) is 56.0 Å². The summed E-state index contributed by atoms with van der Waals surface area (Å²) in [5.41, 5.74) is 7.02. The van der Waals surface area contributed by atoms with E-state index in [0.717, 1.165) is 16.0 Å². The molecule has 19 heteroatoms. The second-order valence-corrected chi connectivity index (χ2v) is 18.7. The number of benzene rings is 6. The molecule has 4 aliphatic heterocycles. The number of nitro benzene ring substituents is 1. The van der Waals surface area contributed by atoms with Gasteiger partial charge in [0.1, 0.15) is 36.5 Å². The molecule has 1 spiro atoms. The van der Waals surface area contributed by atoms with E-state index in [1.807, 2.05) is 71.6 Å². The molecule has 5 amide bonds. The number of rotatable bonds is 13. The maximum atomic E-state index is 16.9. The average molecular weight is 1040 g/mol. The second kappa shape index (κ2) is 21.5. The molecule has 0 saturated carbocycles. The molecule has 19 nitrogen and oxygen atoms in total. The predicted molar refractivity (Wildman–Crippen MR) is 277 cm³/mol. The average Bonchev–Trinajstić information content (AvgIpc) is 3.79. The van der Waals surface area contributed by atoms with Gasteiger partial charge in [0.2, 0.25) is 11.8 Å². The van der Waals surface area contributed by atoms with Gasteiger partial charge in [-0.2, -0.15) is 0 Å². The number of hydrogen-bond acceptors (Lipinski definition) is 14. The Hall–Kier alpha value is -9.25. The van der Waals surface area contributed by atoms with Crippen LogP contribution < -0.4 is 30.2 Å². The Bertz CT molecular complexity index is 3350. The van der Waals surface area contributed by atoms with Crippen LogP contribution in [0.15, 0.2) is 140 Å². The zero-order chi connectivity index (χ0) is 54.0. The number of methoxy groups -OCH3 is 2. The first-order chi connectivity index (χ1) is 37.4. The summed E-state index contributed by atoms with van der Waals surface area (Å²) in [7, 11) is 3.04. The van der Waals surface area contributed by atoms with Gasteiger partial charge in [-0.25, -0.2) is 14.5 Å². The number of fused-ring (bicyclic) bond motifs is 4. The van der Waals surface area contributed by atoms with E-state index in [-0.39, 0.29) is 55.5 Å². The van der Waals surface area contributed by atoms with E-state index in [9.17, 15) is 20.0 Å². The Morgan fingerprint density at radius 1 is 0.844 bits per heavy atom. The number of carbonyl (C=O) groups excluding carboxylic acids is 5. The lowest BCUT2D eigenvalue weighted by molar-refractivity contribution is -0.384. The van der Waals surface area contributed by atoms with Crippen molar-refractivity contribution >= 4 is 41.3 Å². The number of urea groups is 1. The summed E-state index contributed by atoms with van der Waals surface area (Å²) in [4.78, 5) is 91.3. The van der Waals surface area contributed by atoms with Crippen LogP contribution in [0.5, 0.6) is 17.2 Å². The van der Waals surface area contributed by atoms with Crippen molar-refractivity contribution < 1.29 is 57.7 Å². The smallest absolute Gasteiger partial charge is 0.421 e. The van der Waals surface area contributed by atoms with E-state index in [1.54, 1.807) is 47.4 Å². The standard InChI is InChI=1S/C58H52N6O13/c1-73-46-31-39-25-27-61(33-40(39)32-47(46)74-2)53(66)48-50-54(67)77-51(38-15-7-4-8-16-38)49(37-13-5-3-6-14-37)63(50)52(42-17-9-10-18-45(42)75-29-28-65)58(48)43-30-35(12-11-26-60-56(59)69)21-24-44(43)62(55(58)68)57(70)76-34-36-19-22-41(23-20-36)64(71)72/h3-10,13-24,30-32,48-52,65H,25-29,33-34H2,1-2H3,(H3,59,60,69).